The molecule has 0 bridgehead atoms. The molecule has 0 aliphatic rings. The first kappa shape index (κ1) is 8.06. The van der Waals surface area contributed by atoms with E-state index >= 15 is 0 Å². The highest BCUT2D eigenvalue weighted by Crippen LogP contribution is 2.15. The summed E-state index contributed by atoms with van der Waals surface area (Å²) in [4.78, 5) is 8.29. The van der Waals surface area contributed by atoms with Gasteiger partial charge in [0.2, 0.25) is 0 Å². The largest absolute Gasteiger partial charge is 0.505 e. The highest BCUT2D eigenvalue weighted by Gasteiger charge is 2.06. The van der Waals surface area contributed by atoms with Crippen LogP contribution in [-0.2, 0) is 4.57 Å². The molecule has 0 fully saturated rings. The van der Waals surface area contributed by atoms with Crippen LogP contribution in [0, 0.1) is 0 Å². The van der Waals surface area contributed by atoms with Gasteiger partial charge in [-0.15, -0.1) is 0 Å². The van der Waals surface area contributed by atoms with Crippen LogP contribution in [-0.4, -0.2) is 11.1 Å². The van der Waals surface area contributed by atoms with Gasteiger partial charge in [0, 0.05) is 0 Å². The van der Waals surface area contributed by atoms with Gasteiger partial charge in [0.15, 0.2) is 6.16 Å². The Morgan fingerprint density at radius 1 is 1.50 bits per heavy atom. The van der Waals surface area contributed by atoms with Crippen molar-refractivity contribution >= 4 is 8.03 Å². The predicted molar refractivity (Wildman–Crippen MR) is 34.2 cm³/mol. The van der Waals surface area contributed by atoms with Crippen molar-refractivity contribution in [3.63, 3.8) is 0 Å². The third kappa shape index (κ3) is 6.06. The van der Waals surface area contributed by atoms with Crippen LogP contribution in [0.5, 0.6) is 0 Å². The van der Waals surface area contributed by atoms with Crippen LogP contribution in [0.3, 0.4) is 0 Å². The van der Waals surface area contributed by atoms with E-state index in [4.69, 9.17) is 4.89 Å². The maximum absolute atomic E-state index is 10.0. The van der Waals surface area contributed by atoms with Gasteiger partial charge < -0.3 is 0 Å². The zero-order valence-electron chi connectivity index (χ0n) is 5.13. The van der Waals surface area contributed by atoms with Gasteiger partial charge in [0.1, 0.15) is 0 Å². The standard InChI is InChI=1S/C5H11O2P/c1-2-3-4-5-8(6)7/h2-5H2,1H3/p+1. The molecule has 0 heterocycles. The SMILES string of the molecule is CCCCC[P+](=O)O. The van der Waals surface area contributed by atoms with Gasteiger partial charge in [-0.05, 0) is 17.4 Å². The van der Waals surface area contributed by atoms with Gasteiger partial charge in [-0.25, -0.2) is 0 Å². The zero-order valence-corrected chi connectivity index (χ0v) is 6.03. The zero-order chi connectivity index (χ0) is 6.41. The van der Waals surface area contributed by atoms with Crippen molar-refractivity contribution in [3.05, 3.63) is 0 Å². The van der Waals surface area contributed by atoms with Crippen molar-refractivity contribution in [2.24, 2.45) is 0 Å². The molecule has 0 rings (SSSR count). The lowest BCUT2D eigenvalue weighted by Crippen LogP contribution is -1.76. The molecular formula is C5H12O2P+. The molecule has 48 valence electrons. The van der Waals surface area contributed by atoms with Crippen molar-refractivity contribution < 1.29 is 9.46 Å². The van der Waals surface area contributed by atoms with Gasteiger partial charge in [-0.3, -0.25) is 0 Å². The average molecular weight is 135 g/mol. The minimum atomic E-state index is -1.86. The number of hydrogen-bond donors (Lipinski definition) is 1. The van der Waals surface area contributed by atoms with Crippen molar-refractivity contribution in [1.29, 1.82) is 0 Å². The topological polar surface area (TPSA) is 37.3 Å². The summed E-state index contributed by atoms with van der Waals surface area (Å²) in [6.07, 6.45) is 3.55. The minimum Gasteiger partial charge on any atom is -0.161 e. The minimum absolute atomic E-state index is 0.475. The normalized spacial score (nSPS) is 11.5. The van der Waals surface area contributed by atoms with Crippen LogP contribution < -0.4 is 0 Å². The number of rotatable bonds is 4. The molecule has 0 aromatic heterocycles. The van der Waals surface area contributed by atoms with Crippen LogP contribution in [0.15, 0.2) is 0 Å². The fourth-order valence-corrected chi connectivity index (χ4v) is 0.991. The summed E-state index contributed by atoms with van der Waals surface area (Å²) in [6, 6.07) is 0. The second-order valence-electron chi connectivity index (χ2n) is 1.78. The van der Waals surface area contributed by atoms with E-state index in [0.717, 1.165) is 19.3 Å². The second kappa shape index (κ2) is 5.20. The molecule has 3 heteroatoms. The smallest absolute Gasteiger partial charge is 0.161 e. The predicted octanol–water partition coefficient (Wildman–Crippen LogP) is 1.91. The lowest BCUT2D eigenvalue weighted by molar-refractivity contribution is 0.500. The Bertz CT molecular complexity index is 72.8. The molecule has 0 spiro atoms. The maximum atomic E-state index is 10.0. The molecular weight excluding hydrogens is 123 g/mol. The number of unbranched alkanes of at least 4 members (excludes halogenated alkanes) is 2. The lowest BCUT2D eigenvalue weighted by Gasteiger charge is -1.82. The highest BCUT2D eigenvalue weighted by atomic mass is 31.1. The Hall–Kier alpha value is 0.0600. The van der Waals surface area contributed by atoms with E-state index in [-0.39, 0.29) is 0 Å². The van der Waals surface area contributed by atoms with Gasteiger partial charge in [0.25, 0.3) is 0 Å². The fourth-order valence-electron chi connectivity index (χ4n) is 0.497. The second-order valence-corrected chi connectivity index (χ2v) is 2.93. The van der Waals surface area contributed by atoms with E-state index in [9.17, 15) is 4.57 Å². The molecule has 1 N–H and O–H groups in total. The van der Waals surface area contributed by atoms with Crippen LogP contribution >= 0.6 is 8.03 Å². The molecule has 2 nitrogen and oxygen atoms in total. The Balaban J connectivity index is 2.82. The van der Waals surface area contributed by atoms with E-state index in [1.807, 2.05) is 0 Å². The molecule has 0 aromatic carbocycles. The van der Waals surface area contributed by atoms with E-state index in [1.165, 1.54) is 0 Å². The first-order chi connectivity index (χ1) is 3.77. The summed E-state index contributed by atoms with van der Waals surface area (Å²) in [5.74, 6) is 0. The van der Waals surface area contributed by atoms with Crippen molar-refractivity contribution in [2.45, 2.75) is 26.2 Å². The van der Waals surface area contributed by atoms with Crippen molar-refractivity contribution in [1.82, 2.24) is 0 Å². The quantitative estimate of drug-likeness (QED) is 0.472. The third-order valence-corrected chi connectivity index (χ3v) is 1.65. The molecule has 0 saturated heterocycles. The Labute approximate surface area is 50.8 Å². The molecule has 0 aliphatic heterocycles. The van der Waals surface area contributed by atoms with Crippen LogP contribution in [0.4, 0.5) is 0 Å². The lowest BCUT2D eigenvalue weighted by atomic mass is 10.3. The van der Waals surface area contributed by atoms with Crippen LogP contribution in [0.25, 0.3) is 0 Å². The maximum Gasteiger partial charge on any atom is 0.505 e. The Morgan fingerprint density at radius 3 is 2.50 bits per heavy atom. The number of hydrogen-bond acceptors (Lipinski definition) is 1. The average Bonchev–Trinajstić information content (AvgIpc) is 1.66. The van der Waals surface area contributed by atoms with Gasteiger partial charge in [-0.2, -0.15) is 4.89 Å². The fraction of sp³-hybridized carbons (Fsp3) is 1.00. The molecule has 8 heavy (non-hydrogen) atoms. The van der Waals surface area contributed by atoms with Crippen molar-refractivity contribution in [2.75, 3.05) is 6.16 Å². The highest BCUT2D eigenvalue weighted by molar-refractivity contribution is 7.37. The summed E-state index contributed by atoms with van der Waals surface area (Å²) >= 11 is 0. The summed E-state index contributed by atoms with van der Waals surface area (Å²) in [5.41, 5.74) is 0. The summed E-state index contributed by atoms with van der Waals surface area (Å²) in [7, 11) is -1.86. The molecule has 0 aromatic rings. The van der Waals surface area contributed by atoms with E-state index < -0.39 is 8.03 Å². The monoisotopic (exact) mass is 135 g/mol. The van der Waals surface area contributed by atoms with Gasteiger partial charge >= 0.3 is 8.03 Å². The molecule has 0 amide bonds. The van der Waals surface area contributed by atoms with E-state index in [1.54, 1.807) is 0 Å². The van der Waals surface area contributed by atoms with Crippen LogP contribution in [0.1, 0.15) is 26.2 Å². The van der Waals surface area contributed by atoms with Crippen LogP contribution in [0.2, 0.25) is 0 Å². The summed E-state index contributed by atoms with van der Waals surface area (Å²) in [5, 5.41) is 0. The first-order valence-corrected chi connectivity index (χ1v) is 4.30. The molecule has 0 radical (unpaired) electrons. The van der Waals surface area contributed by atoms with Crippen molar-refractivity contribution in [3.8, 4) is 0 Å². The van der Waals surface area contributed by atoms with Gasteiger partial charge in [-0.1, -0.05) is 13.3 Å². The molecule has 1 unspecified atom stereocenters. The molecule has 0 saturated carbocycles. The summed E-state index contributed by atoms with van der Waals surface area (Å²) < 4.78 is 10.0. The third-order valence-electron chi connectivity index (χ3n) is 0.953. The first-order valence-electron chi connectivity index (χ1n) is 2.91. The molecule has 1 atom stereocenters. The Kier molecular flexibility index (Phi) is 5.24. The summed E-state index contributed by atoms with van der Waals surface area (Å²) in [6.45, 7) is 2.07. The molecule has 0 aliphatic carbocycles. The van der Waals surface area contributed by atoms with Gasteiger partial charge in [0.05, 0.1) is 0 Å². The van der Waals surface area contributed by atoms with E-state index in [0.29, 0.717) is 6.16 Å². The Morgan fingerprint density at radius 2 is 2.12 bits per heavy atom. The van der Waals surface area contributed by atoms with E-state index in [2.05, 4.69) is 6.92 Å².